The molecule has 0 fully saturated rings. The van der Waals surface area contributed by atoms with Crippen molar-refractivity contribution in [1.29, 1.82) is 0 Å². The summed E-state index contributed by atoms with van der Waals surface area (Å²) in [6.07, 6.45) is 9.91. The van der Waals surface area contributed by atoms with Gasteiger partial charge in [-0.1, -0.05) is 89.1 Å². The van der Waals surface area contributed by atoms with Gasteiger partial charge in [-0.15, -0.1) is 0 Å². The fourth-order valence-electron chi connectivity index (χ4n) is 3.92. The van der Waals surface area contributed by atoms with Gasteiger partial charge in [0, 0.05) is 19.6 Å². The lowest BCUT2D eigenvalue weighted by molar-refractivity contribution is -0.303. The first-order valence-electron chi connectivity index (χ1n) is 10.6. The van der Waals surface area contributed by atoms with E-state index in [2.05, 4.69) is 13.8 Å². The van der Waals surface area contributed by atoms with Crippen LogP contribution in [-0.4, -0.2) is 24.6 Å². The number of aliphatic hydroxyl groups is 1. The van der Waals surface area contributed by atoms with E-state index in [1.165, 1.54) is 32.1 Å². The molecule has 3 heteroatoms. The standard InChI is InChI=1S/C23H40O3/c1-5-8-9-10-11-15-19-21(16-6-2)23(25-4,26-7-3)22(24)20-17-13-12-14-18-20/h12-14,17-18,21-22,24H,5-11,15-16,19H2,1-4H3. The Labute approximate surface area is 161 Å². The molecule has 0 aromatic heterocycles. The number of hydrogen-bond donors (Lipinski definition) is 1. The minimum absolute atomic E-state index is 0.179. The second-order valence-corrected chi connectivity index (χ2v) is 7.21. The SMILES string of the molecule is CCCCCCCCC(CCC)C(OC)(OCC)C(O)c1ccccc1. The third-order valence-electron chi connectivity index (χ3n) is 5.30. The molecule has 0 aliphatic rings. The van der Waals surface area contributed by atoms with E-state index >= 15 is 0 Å². The molecule has 26 heavy (non-hydrogen) atoms. The Morgan fingerprint density at radius 1 is 0.885 bits per heavy atom. The summed E-state index contributed by atoms with van der Waals surface area (Å²) in [6.45, 7) is 6.93. The molecule has 1 N–H and O–H groups in total. The van der Waals surface area contributed by atoms with Crippen molar-refractivity contribution in [1.82, 2.24) is 0 Å². The molecule has 3 nitrogen and oxygen atoms in total. The number of ether oxygens (including phenoxy) is 2. The van der Waals surface area contributed by atoms with E-state index < -0.39 is 11.9 Å². The summed E-state index contributed by atoms with van der Waals surface area (Å²) in [6, 6.07) is 9.77. The van der Waals surface area contributed by atoms with Crippen molar-refractivity contribution in [3.63, 3.8) is 0 Å². The molecule has 0 bridgehead atoms. The minimum atomic E-state index is -0.977. The second kappa shape index (κ2) is 13.3. The third-order valence-corrected chi connectivity index (χ3v) is 5.30. The Morgan fingerprint density at radius 3 is 2.12 bits per heavy atom. The largest absolute Gasteiger partial charge is 0.383 e. The highest BCUT2D eigenvalue weighted by molar-refractivity contribution is 5.20. The second-order valence-electron chi connectivity index (χ2n) is 7.21. The quantitative estimate of drug-likeness (QED) is 0.294. The Kier molecular flexibility index (Phi) is 11.8. The van der Waals surface area contributed by atoms with E-state index in [0.29, 0.717) is 6.61 Å². The predicted octanol–water partition coefficient (Wildman–Crippen LogP) is 6.27. The summed E-state index contributed by atoms with van der Waals surface area (Å²) < 4.78 is 12.1. The van der Waals surface area contributed by atoms with Crippen LogP contribution in [0.4, 0.5) is 0 Å². The molecule has 1 rings (SSSR count). The molecule has 3 atom stereocenters. The molecule has 0 amide bonds. The normalized spacial score (nSPS) is 16.2. The number of methoxy groups -OCH3 is 1. The predicted molar refractivity (Wildman–Crippen MR) is 109 cm³/mol. The molecular formula is C23H40O3. The molecule has 0 aliphatic heterocycles. The van der Waals surface area contributed by atoms with Gasteiger partial charge in [-0.3, -0.25) is 0 Å². The highest BCUT2D eigenvalue weighted by atomic mass is 16.7. The van der Waals surface area contributed by atoms with Gasteiger partial charge in [0.05, 0.1) is 0 Å². The number of rotatable bonds is 15. The van der Waals surface area contributed by atoms with E-state index in [1.807, 2.05) is 37.3 Å². The molecule has 0 spiro atoms. The van der Waals surface area contributed by atoms with E-state index in [9.17, 15) is 5.11 Å². The molecule has 0 aliphatic carbocycles. The minimum Gasteiger partial charge on any atom is -0.383 e. The zero-order chi connectivity index (χ0) is 19.3. The number of aliphatic hydroxyl groups excluding tert-OH is 1. The van der Waals surface area contributed by atoms with Gasteiger partial charge in [-0.25, -0.2) is 0 Å². The maximum atomic E-state index is 11.2. The van der Waals surface area contributed by atoms with Crippen LogP contribution in [-0.2, 0) is 9.47 Å². The molecular weight excluding hydrogens is 324 g/mol. The Bertz CT molecular complexity index is 448. The average molecular weight is 365 g/mol. The van der Waals surface area contributed by atoms with E-state index in [0.717, 1.165) is 31.2 Å². The molecule has 0 saturated heterocycles. The highest BCUT2D eigenvalue weighted by Gasteiger charge is 2.46. The Balaban J connectivity index is 2.89. The molecule has 0 saturated carbocycles. The van der Waals surface area contributed by atoms with Gasteiger partial charge in [0.25, 0.3) is 0 Å². The molecule has 1 aromatic rings. The molecule has 1 aromatic carbocycles. The maximum Gasteiger partial charge on any atom is 0.201 e. The van der Waals surface area contributed by atoms with Crippen LogP contribution >= 0.6 is 0 Å². The van der Waals surface area contributed by atoms with Gasteiger partial charge in [0.2, 0.25) is 5.79 Å². The van der Waals surface area contributed by atoms with E-state index in [4.69, 9.17) is 9.47 Å². The number of unbranched alkanes of at least 4 members (excludes halogenated alkanes) is 5. The van der Waals surface area contributed by atoms with Crippen molar-refractivity contribution in [3.8, 4) is 0 Å². The zero-order valence-electron chi connectivity index (χ0n) is 17.4. The van der Waals surface area contributed by atoms with Crippen molar-refractivity contribution >= 4 is 0 Å². The van der Waals surface area contributed by atoms with Crippen LogP contribution in [0.3, 0.4) is 0 Å². The van der Waals surface area contributed by atoms with Gasteiger partial charge in [0.1, 0.15) is 6.10 Å². The van der Waals surface area contributed by atoms with Crippen molar-refractivity contribution < 1.29 is 14.6 Å². The van der Waals surface area contributed by atoms with Crippen LogP contribution < -0.4 is 0 Å². The van der Waals surface area contributed by atoms with Crippen LogP contribution in [0.2, 0.25) is 0 Å². The fourth-order valence-corrected chi connectivity index (χ4v) is 3.92. The van der Waals surface area contributed by atoms with Gasteiger partial charge in [-0.05, 0) is 25.3 Å². The lowest BCUT2D eigenvalue weighted by Gasteiger charge is -2.43. The Morgan fingerprint density at radius 2 is 1.54 bits per heavy atom. The van der Waals surface area contributed by atoms with Crippen molar-refractivity contribution in [2.24, 2.45) is 5.92 Å². The van der Waals surface area contributed by atoms with Crippen LogP contribution in [0, 0.1) is 5.92 Å². The van der Waals surface area contributed by atoms with Gasteiger partial charge in [-0.2, -0.15) is 0 Å². The topological polar surface area (TPSA) is 38.7 Å². The summed E-state index contributed by atoms with van der Waals surface area (Å²) in [4.78, 5) is 0. The molecule has 0 heterocycles. The summed E-state index contributed by atoms with van der Waals surface area (Å²) in [7, 11) is 1.67. The lowest BCUT2D eigenvalue weighted by Crippen LogP contribution is -2.48. The first-order chi connectivity index (χ1) is 12.7. The smallest absolute Gasteiger partial charge is 0.201 e. The van der Waals surface area contributed by atoms with Crippen LogP contribution in [0.5, 0.6) is 0 Å². The van der Waals surface area contributed by atoms with Crippen LogP contribution in [0.15, 0.2) is 30.3 Å². The van der Waals surface area contributed by atoms with Crippen LogP contribution in [0.25, 0.3) is 0 Å². The van der Waals surface area contributed by atoms with Gasteiger partial charge >= 0.3 is 0 Å². The Hall–Kier alpha value is -0.900. The van der Waals surface area contributed by atoms with Crippen molar-refractivity contribution in [3.05, 3.63) is 35.9 Å². The van der Waals surface area contributed by atoms with Gasteiger partial charge < -0.3 is 14.6 Å². The summed E-state index contributed by atoms with van der Waals surface area (Å²) in [5.41, 5.74) is 0.854. The lowest BCUT2D eigenvalue weighted by atomic mass is 9.82. The van der Waals surface area contributed by atoms with Gasteiger partial charge in [0.15, 0.2) is 0 Å². The summed E-state index contributed by atoms with van der Waals surface area (Å²) in [5, 5.41) is 11.2. The average Bonchev–Trinajstić information content (AvgIpc) is 2.68. The van der Waals surface area contributed by atoms with Crippen molar-refractivity contribution in [2.45, 2.75) is 90.4 Å². The van der Waals surface area contributed by atoms with Crippen molar-refractivity contribution in [2.75, 3.05) is 13.7 Å². The highest BCUT2D eigenvalue weighted by Crippen LogP contribution is 2.41. The van der Waals surface area contributed by atoms with Crippen LogP contribution in [0.1, 0.15) is 90.2 Å². The first-order valence-corrected chi connectivity index (χ1v) is 10.6. The zero-order valence-corrected chi connectivity index (χ0v) is 17.4. The van der Waals surface area contributed by atoms with E-state index in [-0.39, 0.29) is 5.92 Å². The molecule has 3 unspecified atom stereocenters. The molecule has 150 valence electrons. The monoisotopic (exact) mass is 364 g/mol. The fraction of sp³-hybridized carbons (Fsp3) is 0.739. The summed E-state index contributed by atoms with van der Waals surface area (Å²) >= 11 is 0. The summed E-state index contributed by atoms with van der Waals surface area (Å²) in [5.74, 6) is -0.797. The maximum absolute atomic E-state index is 11.2. The molecule has 0 radical (unpaired) electrons. The number of benzene rings is 1. The first kappa shape index (κ1) is 23.1. The van der Waals surface area contributed by atoms with E-state index in [1.54, 1.807) is 7.11 Å². The number of hydrogen-bond acceptors (Lipinski definition) is 3. The third kappa shape index (κ3) is 6.68.